The van der Waals surface area contributed by atoms with Gasteiger partial charge in [0, 0.05) is 31.0 Å². The molecule has 0 atom stereocenters. The second kappa shape index (κ2) is 4.64. The number of fused-ring (bicyclic) bond motifs is 2. The molecule has 0 bridgehead atoms. The minimum atomic E-state index is 0.794. The zero-order valence-corrected chi connectivity index (χ0v) is 10.4. The lowest BCUT2D eigenvalue weighted by Crippen LogP contribution is -2.20. The third-order valence-electron chi connectivity index (χ3n) is 3.08. The van der Waals surface area contributed by atoms with Crippen LogP contribution in [0.1, 0.15) is 18.9 Å². The summed E-state index contributed by atoms with van der Waals surface area (Å²) in [6.07, 6.45) is 4.73. The van der Waals surface area contributed by atoms with Gasteiger partial charge in [0.05, 0.1) is 5.69 Å². The molecule has 0 saturated heterocycles. The molecule has 4 nitrogen and oxygen atoms in total. The van der Waals surface area contributed by atoms with Crippen LogP contribution < -0.4 is 10.2 Å². The molecule has 4 heteroatoms. The van der Waals surface area contributed by atoms with Crippen molar-refractivity contribution >= 4 is 17.3 Å². The fourth-order valence-corrected chi connectivity index (χ4v) is 2.29. The fraction of sp³-hybridized carbons (Fsp3) is 0.286. The maximum absolute atomic E-state index is 4.52. The van der Waals surface area contributed by atoms with Crippen LogP contribution >= 0.6 is 0 Å². The van der Waals surface area contributed by atoms with Gasteiger partial charge < -0.3 is 10.2 Å². The first-order valence-electron chi connectivity index (χ1n) is 6.30. The van der Waals surface area contributed by atoms with Crippen molar-refractivity contribution in [3.8, 4) is 0 Å². The Bertz CT molecular complexity index is 505. The lowest BCUT2D eigenvalue weighted by molar-refractivity contribution is 0.857. The van der Waals surface area contributed by atoms with Gasteiger partial charge in [0.15, 0.2) is 5.82 Å². The lowest BCUT2D eigenvalue weighted by atomic mass is 10.2. The van der Waals surface area contributed by atoms with Crippen LogP contribution in [0.4, 0.5) is 17.3 Å². The number of hydrogen-bond donors (Lipinski definition) is 1. The van der Waals surface area contributed by atoms with Crippen LogP contribution in [0.25, 0.3) is 0 Å². The Balaban J connectivity index is 2.15. The lowest BCUT2D eigenvalue weighted by Gasteiger charge is -2.23. The van der Waals surface area contributed by atoms with Gasteiger partial charge in [0.1, 0.15) is 5.82 Å². The quantitative estimate of drug-likeness (QED) is 0.876. The van der Waals surface area contributed by atoms with Crippen LogP contribution in [0.15, 0.2) is 36.7 Å². The first kappa shape index (κ1) is 11.0. The fourth-order valence-electron chi connectivity index (χ4n) is 2.29. The Kier molecular flexibility index (Phi) is 2.84. The van der Waals surface area contributed by atoms with Crippen LogP contribution in [-0.2, 0) is 6.54 Å². The molecule has 92 valence electrons. The summed E-state index contributed by atoms with van der Waals surface area (Å²) in [4.78, 5) is 11.2. The zero-order chi connectivity index (χ0) is 12.4. The van der Waals surface area contributed by atoms with E-state index in [2.05, 4.69) is 39.2 Å². The molecular weight excluding hydrogens is 224 g/mol. The highest BCUT2D eigenvalue weighted by atomic mass is 15.3. The number of anilines is 3. The van der Waals surface area contributed by atoms with E-state index in [9.17, 15) is 0 Å². The maximum atomic E-state index is 4.52. The second-order valence-electron chi connectivity index (χ2n) is 4.37. The molecule has 1 aliphatic heterocycles. The Labute approximate surface area is 107 Å². The predicted molar refractivity (Wildman–Crippen MR) is 73.1 cm³/mol. The molecule has 0 aromatic carbocycles. The molecule has 3 heterocycles. The normalized spacial score (nSPS) is 13.3. The third kappa shape index (κ3) is 1.79. The molecule has 0 saturated carbocycles. The van der Waals surface area contributed by atoms with Gasteiger partial charge in [-0.25, -0.2) is 9.97 Å². The maximum Gasteiger partial charge on any atom is 0.157 e. The summed E-state index contributed by atoms with van der Waals surface area (Å²) < 4.78 is 0. The minimum absolute atomic E-state index is 0.794. The van der Waals surface area contributed by atoms with Crippen molar-refractivity contribution in [1.29, 1.82) is 0 Å². The van der Waals surface area contributed by atoms with Gasteiger partial charge in [0.2, 0.25) is 0 Å². The van der Waals surface area contributed by atoms with Gasteiger partial charge in [-0.05, 0) is 24.6 Å². The summed E-state index contributed by atoms with van der Waals surface area (Å²) in [6, 6.07) is 8.12. The van der Waals surface area contributed by atoms with E-state index in [1.54, 1.807) is 0 Å². The smallest absolute Gasteiger partial charge is 0.157 e. The molecule has 0 aliphatic carbocycles. The van der Waals surface area contributed by atoms with Gasteiger partial charge in [-0.15, -0.1) is 0 Å². The Morgan fingerprint density at radius 2 is 1.94 bits per heavy atom. The highest BCUT2D eigenvalue weighted by Gasteiger charge is 2.21. The minimum Gasteiger partial charge on any atom is -0.378 e. The van der Waals surface area contributed by atoms with Crippen molar-refractivity contribution in [2.24, 2.45) is 0 Å². The van der Waals surface area contributed by atoms with Crippen molar-refractivity contribution < 1.29 is 0 Å². The Morgan fingerprint density at radius 1 is 1.17 bits per heavy atom. The average Bonchev–Trinajstić information content (AvgIpc) is 2.58. The molecule has 1 N–H and O–H groups in total. The zero-order valence-electron chi connectivity index (χ0n) is 10.4. The average molecular weight is 240 g/mol. The summed E-state index contributed by atoms with van der Waals surface area (Å²) in [7, 11) is 0. The van der Waals surface area contributed by atoms with Crippen LogP contribution in [-0.4, -0.2) is 16.5 Å². The molecule has 0 unspecified atom stereocenters. The molecule has 18 heavy (non-hydrogen) atoms. The molecule has 1 aliphatic rings. The highest BCUT2D eigenvalue weighted by Crippen LogP contribution is 2.34. The van der Waals surface area contributed by atoms with E-state index < -0.39 is 0 Å². The number of nitrogens with zero attached hydrogens (tertiary/aromatic N) is 3. The van der Waals surface area contributed by atoms with Gasteiger partial charge in [0.25, 0.3) is 0 Å². The Morgan fingerprint density at radius 3 is 2.78 bits per heavy atom. The molecule has 0 amide bonds. The van der Waals surface area contributed by atoms with Crippen molar-refractivity contribution in [2.45, 2.75) is 19.9 Å². The monoisotopic (exact) mass is 240 g/mol. The molecule has 2 aromatic rings. The van der Waals surface area contributed by atoms with E-state index in [-0.39, 0.29) is 0 Å². The molecular formula is C14H16N4. The van der Waals surface area contributed by atoms with E-state index in [1.165, 1.54) is 5.56 Å². The largest absolute Gasteiger partial charge is 0.378 e. The second-order valence-corrected chi connectivity index (χ2v) is 4.37. The van der Waals surface area contributed by atoms with Crippen molar-refractivity contribution in [3.05, 3.63) is 42.2 Å². The SMILES string of the molecule is CCCN1c2ncccc2CNc2cccnc21. The van der Waals surface area contributed by atoms with E-state index in [0.29, 0.717) is 0 Å². The van der Waals surface area contributed by atoms with Crippen LogP contribution in [0.5, 0.6) is 0 Å². The van der Waals surface area contributed by atoms with E-state index in [4.69, 9.17) is 0 Å². The third-order valence-corrected chi connectivity index (χ3v) is 3.08. The molecule has 2 aromatic heterocycles. The van der Waals surface area contributed by atoms with Gasteiger partial charge in [-0.1, -0.05) is 13.0 Å². The highest BCUT2D eigenvalue weighted by molar-refractivity contribution is 5.74. The van der Waals surface area contributed by atoms with E-state index in [1.807, 2.05) is 24.5 Å². The topological polar surface area (TPSA) is 41.1 Å². The molecule has 0 radical (unpaired) electrons. The molecule has 0 fully saturated rings. The van der Waals surface area contributed by atoms with Crippen LogP contribution in [0, 0.1) is 0 Å². The van der Waals surface area contributed by atoms with Gasteiger partial charge in [-0.3, -0.25) is 0 Å². The Hall–Kier alpha value is -2.10. The number of nitrogens with one attached hydrogen (secondary N) is 1. The predicted octanol–water partition coefficient (Wildman–Crippen LogP) is 2.95. The van der Waals surface area contributed by atoms with Crippen molar-refractivity contribution in [3.63, 3.8) is 0 Å². The van der Waals surface area contributed by atoms with Gasteiger partial charge in [-0.2, -0.15) is 0 Å². The summed E-state index contributed by atoms with van der Waals surface area (Å²) in [6.45, 7) is 3.89. The van der Waals surface area contributed by atoms with E-state index in [0.717, 1.165) is 36.8 Å². The van der Waals surface area contributed by atoms with Crippen molar-refractivity contribution in [2.75, 3.05) is 16.8 Å². The van der Waals surface area contributed by atoms with Crippen LogP contribution in [0.3, 0.4) is 0 Å². The first-order chi connectivity index (χ1) is 8.90. The summed E-state index contributed by atoms with van der Waals surface area (Å²) >= 11 is 0. The summed E-state index contributed by atoms with van der Waals surface area (Å²) in [5.74, 6) is 1.99. The first-order valence-corrected chi connectivity index (χ1v) is 6.30. The summed E-state index contributed by atoms with van der Waals surface area (Å²) in [5, 5.41) is 3.43. The van der Waals surface area contributed by atoms with Gasteiger partial charge >= 0.3 is 0 Å². The summed E-state index contributed by atoms with van der Waals surface area (Å²) in [5.41, 5.74) is 2.29. The molecule has 0 spiro atoms. The standard InChI is InChI=1S/C14H16N4/c1-2-9-18-13-11(5-3-7-15-13)10-17-12-6-4-8-16-14(12)18/h3-8,17H,2,9-10H2,1H3. The van der Waals surface area contributed by atoms with Crippen molar-refractivity contribution in [1.82, 2.24) is 9.97 Å². The molecule has 3 rings (SSSR count). The number of rotatable bonds is 2. The number of pyridine rings is 2. The number of hydrogen-bond acceptors (Lipinski definition) is 4. The van der Waals surface area contributed by atoms with E-state index >= 15 is 0 Å². The van der Waals surface area contributed by atoms with Crippen LogP contribution in [0.2, 0.25) is 0 Å². The number of aromatic nitrogens is 2.